The largest absolute Gasteiger partial charge is 0.368 e. The smallest absolute Gasteiger partial charge is 0.176 e. The van der Waals surface area contributed by atoms with Crippen molar-refractivity contribution in [3.8, 4) is 0 Å². The molecule has 0 spiro atoms. The van der Waals surface area contributed by atoms with Crippen molar-refractivity contribution >= 4 is 27.5 Å². The molecule has 0 aliphatic carbocycles. The summed E-state index contributed by atoms with van der Waals surface area (Å²) in [5.74, 6) is 0.822. The Kier molecular flexibility index (Phi) is 3.83. The van der Waals surface area contributed by atoms with Crippen LogP contribution in [-0.4, -0.2) is 23.2 Å². The number of rotatable bonds is 3. The predicted molar refractivity (Wildman–Crippen MR) is 89.7 cm³/mol. The van der Waals surface area contributed by atoms with E-state index in [2.05, 4.69) is 25.8 Å². The van der Waals surface area contributed by atoms with E-state index >= 15 is 0 Å². The van der Waals surface area contributed by atoms with Gasteiger partial charge in [0.15, 0.2) is 5.72 Å². The van der Waals surface area contributed by atoms with Crippen LogP contribution in [0.2, 0.25) is 0 Å². The summed E-state index contributed by atoms with van der Waals surface area (Å²) in [6.07, 6.45) is 0.594. The Labute approximate surface area is 133 Å². The van der Waals surface area contributed by atoms with E-state index in [1.54, 1.807) is 0 Å². The van der Waals surface area contributed by atoms with E-state index in [1.165, 1.54) is 0 Å². The highest BCUT2D eigenvalue weighted by molar-refractivity contribution is 9.10. The minimum Gasteiger partial charge on any atom is -0.368 e. The number of hydrogen-bond donors (Lipinski definition) is 1. The minimum absolute atomic E-state index is 0.482. The summed E-state index contributed by atoms with van der Waals surface area (Å²) in [5, 5.41) is 10.6. The van der Waals surface area contributed by atoms with E-state index < -0.39 is 5.72 Å². The Hall–Kier alpha value is -1.65. The zero-order chi connectivity index (χ0) is 14.9. The number of benzene rings is 2. The Morgan fingerprint density at radius 1 is 1.14 bits per heavy atom. The summed E-state index contributed by atoms with van der Waals surface area (Å²) in [7, 11) is 0. The van der Waals surface area contributed by atoms with Gasteiger partial charge in [-0.15, -0.1) is 0 Å². The monoisotopic (exact) mass is 344 g/mol. The van der Waals surface area contributed by atoms with Gasteiger partial charge in [-0.1, -0.05) is 53.2 Å². The highest BCUT2D eigenvalue weighted by atomic mass is 79.9. The normalized spacial score (nSPS) is 21.5. The quantitative estimate of drug-likeness (QED) is 0.918. The first-order chi connectivity index (χ1) is 10.1. The number of anilines is 1. The van der Waals surface area contributed by atoms with E-state index in [0.29, 0.717) is 13.0 Å². The van der Waals surface area contributed by atoms with Gasteiger partial charge in [-0.05, 0) is 30.7 Å². The lowest BCUT2D eigenvalue weighted by atomic mass is 10.1. The Morgan fingerprint density at radius 3 is 2.43 bits per heavy atom. The molecule has 21 heavy (non-hydrogen) atoms. The second-order valence-electron chi connectivity index (χ2n) is 5.20. The summed E-state index contributed by atoms with van der Waals surface area (Å²) in [5.41, 5.74) is 1.04. The fourth-order valence-electron chi connectivity index (χ4n) is 2.45. The number of nitrogens with zero attached hydrogens (tertiary/aromatic N) is 2. The zero-order valence-corrected chi connectivity index (χ0v) is 13.4. The lowest BCUT2D eigenvalue weighted by Crippen LogP contribution is -2.35. The van der Waals surface area contributed by atoms with Gasteiger partial charge in [-0.2, -0.15) is 0 Å². The number of β-amino-alcohol motifs (C(OH)–C–C–N with tert-alkyl or cyclic N) is 1. The molecule has 0 aromatic heterocycles. The third kappa shape index (κ3) is 2.87. The predicted octanol–water partition coefficient (Wildman–Crippen LogP) is 3.81. The number of aliphatic hydroxyl groups is 1. The van der Waals surface area contributed by atoms with Gasteiger partial charge in [-0.25, -0.2) is 4.99 Å². The maximum atomic E-state index is 10.6. The molecule has 1 aliphatic rings. The highest BCUT2D eigenvalue weighted by Crippen LogP contribution is 2.30. The Bertz CT molecular complexity index is 654. The number of hydrogen-bond acceptors (Lipinski definition) is 3. The van der Waals surface area contributed by atoms with Crippen LogP contribution in [0.5, 0.6) is 0 Å². The number of aliphatic imine (C=N–C) groups is 1. The van der Waals surface area contributed by atoms with Crippen molar-refractivity contribution in [1.29, 1.82) is 0 Å². The van der Waals surface area contributed by atoms with Gasteiger partial charge in [0, 0.05) is 15.7 Å². The minimum atomic E-state index is -1.02. The molecule has 1 unspecified atom stereocenters. The van der Waals surface area contributed by atoms with E-state index in [1.807, 2.05) is 61.5 Å². The molecule has 1 atom stereocenters. The van der Waals surface area contributed by atoms with Crippen LogP contribution in [0, 0.1) is 0 Å². The van der Waals surface area contributed by atoms with Crippen molar-refractivity contribution in [1.82, 2.24) is 0 Å². The van der Waals surface area contributed by atoms with E-state index in [9.17, 15) is 5.11 Å². The molecule has 1 N–H and O–H groups in total. The molecule has 0 saturated carbocycles. The van der Waals surface area contributed by atoms with Gasteiger partial charge in [-0.3, -0.25) is 0 Å². The van der Waals surface area contributed by atoms with E-state index in [0.717, 1.165) is 21.6 Å². The third-order valence-electron chi connectivity index (χ3n) is 3.72. The van der Waals surface area contributed by atoms with Crippen molar-refractivity contribution in [2.45, 2.75) is 19.1 Å². The maximum absolute atomic E-state index is 10.6. The summed E-state index contributed by atoms with van der Waals surface area (Å²) >= 11 is 3.45. The second-order valence-corrected chi connectivity index (χ2v) is 6.12. The van der Waals surface area contributed by atoms with Crippen molar-refractivity contribution in [3.63, 3.8) is 0 Å². The molecule has 4 heteroatoms. The SMILES string of the molecule is CCC1(O)CN(c2ccc(Br)cc2)C(c2ccccc2)=N1. The van der Waals surface area contributed by atoms with Crippen molar-refractivity contribution in [3.05, 3.63) is 64.6 Å². The van der Waals surface area contributed by atoms with Crippen LogP contribution >= 0.6 is 15.9 Å². The van der Waals surface area contributed by atoms with Crippen LogP contribution in [0.3, 0.4) is 0 Å². The Balaban J connectivity index is 2.03. The first kappa shape index (κ1) is 14.3. The van der Waals surface area contributed by atoms with Crippen molar-refractivity contribution in [2.75, 3.05) is 11.4 Å². The van der Waals surface area contributed by atoms with Crippen LogP contribution in [0.4, 0.5) is 5.69 Å². The highest BCUT2D eigenvalue weighted by Gasteiger charge is 2.36. The standard InChI is InChI=1S/C17H17BrN2O/c1-2-17(21)12-20(15-10-8-14(18)9-11-15)16(19-17)13-6-4-3-5-7-13/h3-11,21H,2,12H2,1H3. The van der Waals surface area contributed by atoms with Crippen LogP contribution in [0.25, 0.3) is 0 Å². The zero-order valence-electron chi connectivity index (χ0n) is 11.8. The molecule has 1 heterocycles. The van der Waals surface area contributed by atoms with Crippen molar-refractivity contribution in [2.24, 2.45) is 4.99 Å². The molecule has 0 amide bonds. The molecule has 108 valence electrons. The van der Waals surface area contributed by atoms with Gasteiger partial charge in [0.05, 0.1) is 6.54 Å². The topological polar surface area (TPSA) is 35.8 Å². The average molecular weight is 345 g/mol. The molecule has 3 rings (SSSR count). The molecule has 3 nitrogen and oxygen atoms in total. The Morgan fingerprint density at radius 2 is 1.81 bits per heavy atom. The first-order valence-corrected chi connectivity index (χ1v) is 7.81. The molecule has 1 aliphatic heterocycles. The summed E-state index contributed by atoms with van der Waals surface area (Å²) in [4.78, 5) is 6.65. The summed E-state index contributed by atoms with van der Waals surface area (Å²) < 4.78 is 1.04. The fraction of sp³-hybridized carbons (Fsp3) is 0.235. The molecule has 0 saturated heterocycles. The lowest BCUT2D eigenvalue weighted by Gasteiger charge is -2.23. The molecule has 2 aromatic rings. The van der Waals surface area contributed by atoms with Gasteiger partial charge in [0.2, 0.25) is 0 Å². The van der Waals surface area contributed by atoms with Crippen LogP contribution < -0.4 is 4.90 Å². The fourth-order valence-corrected chi connectivity index (χ4v) is 2.72. The molecule has 0 radical (unpaired) electrons. The van der Waals surface area contributed by atoms with Gasteiger partial charge in [0.1, 0.15) is 5.84 Å². The van der Waals surface area contributed by atoms with Gasteiger partial charge in [0.25, 0.3) is 0 Å². The van der Waals surface area contributed by atoms with Gasteiger partial charge < -0.3 is 10.0 Å². The molecular weight excluding hydrogens is 328 g/mol. The number of amidine groups is 1. The summed E-state index contributed by atoms with van der Waals surface area (Å²) in [6.45, 7) is 2.44. The second kappa shape index (κ2) is 5.62. The molecule has 0 fully saturated rings. The van der Waals surface area contributed by atoms with E-state index in [4.69, 9.17) is 0 Å². The molecule has 2 aromatic carbocycles. The third-order valence-corrected chi connectivity index (χ3v) is 4.25. The van der Waals surface area contributed by atoms with E-state index in [-0.39, 0.29) is 0 Å². The lowest BCUT2D eigenvalue weighted by molar-refractivity contribution is 0.0633. The van der Waals surface area contributed by atoms with Crippen LogP contribution in [-0.2, 0) is 0 Å². The van der Waals surface area contributed by atoms with Crippen LogP contribution in [0.15, 0.2) is 64.1 Å². The maximum Gasteiger partial charge on any atom is 0.176 e. The first-order valence-electron chi connectivity index (χ1n) is 7.02. The molecule has 0 bridgehead atoms. The number of halogens is 1. The average Bonchev–Trinajstić information content (AvgIpc) is 2.88. The molecular formula is C17H17BrN2O. The van der Waals surface area contributed by atoms with Crippen LogP contribution in [0.1, 0.15) is 18.9 Å². The summed E-state index contributed by atoms with van der Waals surface area (Å²) in [6, 6.07) is 18.1. The van der Waals surface area contributed by atoms with Crippen molar-refractivity contribution < 1.29 is 5.11 Å². The van der Waals surface area contributed by atoms with Gasteiger partial charge >= 0.3 is 0 Å².